The van der Waals surface area contributed by atoms with Crippen LogP contribution >= 0.6 is 11.6 Å². The van der Waals surface area contributed by atoms with Crippen molar-refractivity contribution in [3.8, 4) is 0 Å². The van der Waals surface area contributed by atoms with Crippen molar-refractivity contribution < 1.29 is 9.21 Å². The van der Waals surface area contributed by atoms with Crippen molar-refractivity contribution in [3.05, 3.63) is 57.5 Å². The number of amides is 1. The fourth-order valence-corrected chi connectivity index (χ4v) is 2.26. The van der Waals surface area contributed by atoms with Gasteiger partial charge >= 0.3 is 0 Å². The normalized spacial score (nSPS) is 10.5. The minimum absolute atomic E-state index is 0.119. The van der Waals surface area contributed by atoms with Crippen LogP contribution in [-0.4, -0.2) is 5.91 Å². The minimum atomic E-state index is -0.119. The SMILES string of the molecule is Cc1oc(C)c(C(=O)NCc2cccc(Cl)c2)c1C. The number of furan rings is 1. The van der Waals surface area contributed by atoms with Crippen LogP contribution in [0.2, 0.25) is 5.02 Å². The lowest BCUT2D eigenvalue weighted by Crippen LogP contribution is -2.23. The molecular formula is C15H16ClNO2. The molecule has 2 aromatic rings. The van der Waals surface area contributed by atoms with Crippen LogP contribution in [0.25, 0.3) is 0 Å². The van der Waals surface area contributed by atoms with E-state index in [1.165, 1.54) is 0 Å². The Morgan fingerprint density at radius 3 is 2.58 bits per heavy atom. The summed E-state index contributed by atoms with van der Waals surface area (Å²) in [5.41, 5.74) is 2.48. The van der Waals surface area contributed by atoms with E-state index in [-0.39, 0.29) is 5.91 Å². The van der Waals surface area contributed by atoms with Gasteiger partial charge in [0.25, 0.3) is 5.91 Å². The molecule has 4 heteroatoms. The number of carbonyl (C=O) groups excluding carboxylic acids is 1. The van der Waals surface area contributed by atoms with Gasteiger partial charge in [-0.15, -0.1) is 0 Å². The van der Waals surface area contributed by atoms with Crippen molar-refractivity contribution in [3.63, 3.8) is 0 Å². The molecule has 0 aliphatic heterocycles. The molecule has 0 bridgehead atoms. The lowest BCUT2D eigenvalue weighted by Gasteiger charge is -2.06. The van der Waals surface area contributed by atoms with Gasteiger partial charge in [0, 0.05) is 17.1 Å². The van der Waals surface area contributed by atoms with Gasteiger partial charge in [0.1, 0.15) is 11.5 Å². The smallest absolute Gasteiger partial charge is 0.255 e. The van der Waals surface area contributed by atoms with E-state index in [1.54, 1.807) is 13.0 Å². The lowest BCUT2D eigenvalue weighted by atomic mass is 10.1. The van der Waals surface area contributed by atoms with E-state index in [1.807, 2.05) is 32.0 Å². The molecule has 1 N–H and O–H groups in total. The summed E-state index contributed by atoms with van der Waals surface area (Å²) in [4.78, 5) is 12.2. The molecule has 0 saturated carbocycles. The maximum absolute atomic E-state index is 12.2. The van der Waals surface area contributed by atoms with E-state index < -0.39 is 0 Å². The summed E-state index contributed by atoms with van der Waals surface area (Å²) in [6.07, 6.45) is 0. The van der Waals surface area contributed by atoms with Gasteiger partial charge in [-0.25, -0.2) is 0 Å². The monoisotopic (exact) mass is 277 g/mol. The van der Waals surface area contributed by atoms with Gasteiger partial charge in [-0.05, 0) is 38.5 Å². The summed E-state index contributed by atoms with van der Waals surface area (Å²) in [5, 5.41) is 3.54. The van der Waals surface area contributed by atoms with Gasteiger partial charge in [-0.3, -0.25) is 4.79 Å². The highest BCUT2D eigenvalue weighted by molar-refractivity contribution is 6.30. The Hall–Kier alpha value is -1.74. The average molecular weight is 278 g/mol. The molecule has 3 nitrogen and oxygen atoms in total. The number of carbonyl (C=O) groups is 1. The highest BCUT2D eigenvalue weighted by Gasteiger charge is 2.17. The van der Waals surface area contributed by atoms with Gasteiger partial charge in [0.15, 0.2) is 0 Å². The molecule has 0 aliphatic carbocycles. The van der Waals surface area contributed by atoms with Crippen molar-refractivity contribution in [1.29, 1.82) is 0 Å². The zero-order valence-electron chi connectivity index (χ0n) is 11.2. The molecule has 1 amide bonds. The van der Waals surface area contributed by atoms with Gasteiger partial charge < -0.3 is 9.73 Å². The fourth-order valence-electron chi connectivity index (χ4n) is 2.05. The molecule has 0 saturated heterocycles. The molecule has 0 spiro atoms. The molecular weight excluding hydrogens is 262 g/mol. The van der Waals surface area contributed by atoms with E-state index in [4.69, 9.17) is 16.0 Å². The Balaban J connectivity index is 2.10. The highest BCUT2D eigenvalue weighted by Crippen LogP contribution is 2.20. The van der Waals surface area contributed by atoms with Gasteiger partial charge in [-0.1, -0.05) is 23.7 Å². The van der Waals surface area contributed by atoms with Crippen LogP contribution in [0, 0.1) is 20.8 Å². The third-order valence-electron chi connectivity index (χ3n) is 3.13. The first kappa shape index (κ1) is 13.7. The zero-order chi connectivity index (χ0) is 14.0. The number of benzene rings is 1. The summed E-state index contributed by atoms with van der Waals surface area (Å²) in [6, 6.07) is 7.43. The molecule has 1 heterocycles. The second kappa shape index (κ2) is 5.49. The summed E-state index contributed by atoms with van der Waals surface area (Å²) in [7, 11) is 0. The molecule has 100 valence electrons. The van der Waals surface area contributed by atoms with Crippen LogP contribution in [0.5, 0.6) is 0 Å². The Labute approximate surface area is 117 Å². The van der Waals surface area contributed by atoms with E-state index in [9.17, 15) is 4.79 Å². The van der Waals surface area contributed by atoms with E-state index in [0.29, 0.717) is 22.9 Å². The molecule has 0 atom stereocenters. The first-order valence-electron chi connectivity index (χ1n) is 6.08. The predicted molar refractivity (Wildman–Crippen MR) is 75.5 cm³/mol. The van der Waals surface area contributed by atoms with E-state index in [2.05, 4.69) is 5.32 Å². The topological polar surface area (TPSA) is 42.2 Å². The number of nitrogens with one attached hydrogen (secondary N) is 1. The number of aryl methyl sites for hydroxylation is 2. The summed E-state index contributed by atoms with van der Waals surface area (Å²) in [5.74, 6) is 1.32. The minimum Gasteiger partial charge on any atom is -0.466 e. The maximum atomic E-state index is 12.2. The summed E-state index contributed by atoms with van der Waals surface area (Å²) < 4.78 is 5.46. The zero-order valence-corrected chi connectivity index (χ0v) is 12.0. The van der Waals surface area contributed by atoms with E-state index >= 15 is 0 Å². The maximum Gasteiger partial charge on any atom is 0.255 e. The van der Waals surface area contributed by atoms with E-state index in [0.717, 1.165) is 16.9 Å². The highest BCUT2D eigenvalue weighted by atomic mass is 35.5. The standard InChI is InChI=1S/C15H16ClNO2/c1-9-10(2)19-11(3)14(9)15(18)17-8-12-5-4-6-13(16)7-12/h4-7H,8H2,1-3H3,(H,17,18). The summed E-state index contributed by atoms with van der Waals surface area (Å²) >= 11 is 5.90. The van der Waals surface area contributed by atoms with Crippen molar-refractivity contribution >= 4 is 17.5 Å². The van der Waals surface area contributed by atoms with Crippen molar-refractivity contribution in [2.75, 3.05) is 0 Å². The van der Waals surface area contributed by atoms with Gasteiger partial charge in [0.05, 0.1) is 5.56 Å². The van der Waals surface area contributed by atoms with Crippen LogP contribution < -0.4 is 5.32 Å². The number of halogens is 1. The second-order valence-corrected chi connectivity index (χ2v) is 4.96. The van der Waals surface area contributed by atoms with Crippen molar-refractivity contribution in [2.45, 2.75) is 27.3 Å². The molecule has 0 radical (unpaired) electrons. The van der Waals surface area contributed by atoms with Gasteiger partial charge in [-0.2, -0.15) is 0 Å². The van der Waals surface area contributed by atoms with Crippen LogP contribution in [0.15, 0.2) is 28.7 Å². The second-order valence-electron chi connectivity index (χ2n) is 4.53. The molecule has 1 aromatic carbocycles. The Morgan fingerprint density at radius 1 is 1.26 bits per heavy atom. The molecule has 0 unspecified atom stereocenters. The van der Waals surface area contributed by atoms with Crippen LogP contribution in [0.3, 0.4) is 0 Å². The molecule has 0 aliphatic rings. The molecule has 1 aromatic heterocycles. The number of rotatable bonds is 3. The molecule has 0 fully saturated rings. The first-order chi connectivity index (χ1) is 8.99. The van der Waals surface area contributed by atoms with Gasteiger partial charge in [0.2, 0.25) is 0 Å². The van der Waals surface area contributed by atoms with Crippen molar-refractivity contribution in [1.82, 2.24) is 5.32 Å². The molecule has 2 rings (SSSR count). The fraction of sp³-hybridized carbons (Fsp3) is 0.267. The third-order valence-corrected chi connectivity index (χ3v) is 3.37. The third kappa shape index (κ3) is 2.99. The predicted octanol–water partition coefficient (Wildman–Crippen LogP) is 3.79. The van der Waals surface area contributed by atoms with Crippen LogP contribution in [0.1, 0.15) is 33.0 Å². The first-order valence-corrected chi connectivity index (χ1v) is 6.46. The molecule has 19 heavy (non-hydrogen) atoms. The Morgan fingerprint density at radius 2 is 2.00 bits per heavy atom. The van der Waals surface area contributed by atoms with Crippen LogP contribution in [-0.2, 0) is 6.54 Å². The lowest BCUT2D eigenvalue weighted by molar-refractivity contribution is 0.0949. The van der Waals surface area contributed by atoms with Crippen LogP contribution in [0.4, 0.5) is 0 Å². The number of hydrogen-bond acceptors (Lipinski definition) is 2. The summed E-state index contributed by atoms with van der Waals surface area (Å²) in [6.45, 7) is 5.99. The Kier molecular flexibility index (Phi) is 3.96. The van der Waals surface area contributed by atoms with Crippen molar-refractivity contribution in [2.24, 2.45) is 0 Å². The quantitative estimate of drug-likeness (QED) is 0.927. The largest absolute Gasteiger partial charge is 0.466 e. The number of hydrogen-bond donors (Lipinski definition) is 1. The average Bonchev–Trinajstić information content (AvgIpc) is 2.61. The Bertz CT molecular complexity index is 617.